The van der Waals surface area contributed by atoms with Gasteiger partial charge < -0.3 is 10.4 Å². The van der Waals surface area contributed by atoms with E-state index < -0.39 is 29.9 Å². The number of rotatable bonds is 4. The van der Waals surface area contributed by atoms with E-state index in [4.69, 9.17) is 0 Å². The van der Waals surface area contributed by atoms with Crippen molar-refractivity contribution in [1.29, 1.82) is 0 Å². The van der Waals surface area contributed by atoms with Crippen LogP contribution in [0.15, 0.2) is 29.6 Å². The van der Waals surface area contributed by atoms with E-state index in [0.29, 0.717) is 4.88 Å². The third-order valence-corrected chi connectivity index (χ3v) is 6.17. The first-order chi connectivity index (χ1) is 13.2. The number of carboxylic acid groups (broad SMARTS) is 1. The van der Waals surface area contributed by atoms with Crippen LogP contribution in [-0.2, 0) is 4.79 Å². The molecule has 0 saturated heterocycles. The van der Waals surface area contributed by atoms with Crippen LogP contribution in [0.4, 0.5) is 18.9 Å². The summed E-state index contributed by atoms with van der Waals surface area (Å²) in [7, 11) is 0. The number of aromatic carboxylic acids is 1. The SMILES string of the molecule is Cc1ccc(-c2scc(NC(=O)C3CCC(C(F)(F)F)CC3)c2C(=O)O)cc1. The highest BCUT2D eigenvalue weighted by molar-refractivity contribution is 7.14. The van der Waals surface area contributed by atoms with Gasteiger partial charge in [-0.25, -0.2) is 4.79 Å². The first-order valence-electron chi connectivity index (χ1n) is 8.96. The monoisotopic (exact) mass is 411 g/mol. The minimum atomic E-state index is -4.23. The Morgan fingerprint density at radius 2 is 1.71 bits per heavy atom. The number of hydrogen-bond acceptors (Lipinski definition) is 3. The van der Waals surface area contributed by atoms with Gasteiger partial charge in [0.2, 0.25) is 5.91 Å². The Labute approximate surface area is 164 Å². The third kappa shape index (κ3) is 4.38. The van der Waals surface area contributed by atoms with Crippen molar-refractivity contribution in [1.82, 2.24) is 0 Å². The minimum Gasteiger partial charge on any atom is -0.478 e. The molecule has 1 aliphatic carbocycles. The molecule has 2 N–H and O–H groups in total. The van der Waals surface area contributed by atoms with Gasteiger partial charge in [0.1, 0.15) is 5.56 Å². The van der Waals surface area contributed by atoms with Gasteiger partial charge in [-0.05, 0) is 38.2 Å². The van der Waals surface area contributed by atoms with E-state index in [9.17, 15) is 27.9 Å². The summed E-state index contributed by atoms with van der Waals surface area (Å²) in [4.78, 5) is 24.8. The van der Waals surface area contributed by atoms with Crippen LogP contribution in [-0.4, -0.2) is 23.2 Å². The van der Waals surface area contributed by atoms with E-state index in [1.807, 2.05) is 31.2 Å². The Kier molecular flexibility index (Phi) is 5.79. The van der Waals surface area contributed by atoms with E-state index >= 15 is 0 Å². The number of carboxylic acids is 1. The number of halogens is 3. The predicted molar refractivity (Wildman–Crippen MR) is 102 cm³/mol. The van der Waals surface area contributed by atoms with Gasteiger partial charge in [-0.15, -0.1) is 11.3 Å². The van der Waals surface area contributed by atoms with Gasteiger partial charge in [0.25, 0.3) is 0 Å². The number of anilines is 1. The summed E-state index contributed by atoms with van der Waals surface area (Å²) in [6, 6.07) is 7.38. The lowest BCUT2D eigenvalue weighted by molar-refractivity contribution is -0.184. The standard InChI is InChI=1S/C20H20F3NO3S/c1-11-2-4-12(5-3-11)17-16(19(26)27)15(10-28-17)24-18(25)13-6-8-14(9-7-13)20(21,22)23/h2-5,10,13-14H,6-9H2,1H3,(H,24,25)(H,26,27). The quantitative estimate of drug-likeness (QED) is 0.675. The van der Waals surface area contributed by atoms with E-state index in [-0.39, 0.29) is 36.9 Å². The summed E-state index contributed by atoms with van der Waals surface area (Å²) in [5.41, 5.74) is 1.97. The summed E-state index contributed by atoms with van der Waals surface area (Å²) in [6.45, 7) is 1.93. The predicted octanol–water partition coefficient (Wildman–Crippen LogP) is 5.73. The Morgan fingerprint density at radius 1 is 1.11 bits per heavy atom. The molecule has 0 unspecified atom stereocenters. The summed E-state index contributed by atoms with van der Waals surface area (Å²) < 4.78 is 38.3. The number of alkyl halides is 3. The molecule has 1 saturated carbocycles. The summed E-state index contributed by atoms with van der Waals surface area (Å²) in [5, 5.41) is 13.8. The van der Waals surface area contributed by atoms with Crippen LogP contribution >= 0.6 is 11.3 Å². The van der Waals surface area contributed by atoms with Crippen molar-refractivity contribution >= 4 is 28.9 Å². The Hall–Kier alpha value is -2.35. The molecule has 1 amide bonds. The molecule has 0 spiro atoms. The second kappa shape index (κ2) is 7.95. The molecular formula is C20H20F3NO3S. The van der Waals surface area contributed by atoms with Crippen molar-refractivity contribution in [2.24, 2.45) is 11.8 Å². The van der Waals surface area contributed by atoms with E-state index in [1.165, 1.54) is 11.3 Å². The Bertz CT molecular complexity index is 866. The smallest absolute Gasteiger partial charge is 0.391 e. The zero-order chi connectivity index (χ0) is 20.5. The second-order valence-corrected chi connectivity index (χ2v) is 7.98. The average Bonchev–Trinajstić information content (AvgIpc) is 3.05. The fourth-order valence-electron chi connectivity index (χ4n) is 3.50. The third-order valence-electron chi connectivity index (χ3n) is 5.14. The number of nitrogens with one attached hydrogen (secondary N) is 1. The average molecular weight is 411 g/mol. The highest BCUT2D eigenvalue weighted by atomic mass is 32.1. The van der Waals surface area contributed by atoms with E-state index in [2.05, 4.69) is 5.32 Å². The van der Waals surface area contributed by atoms with Gasteiger partial charge in [0.15, 0.2) is 0 Å². The largest absolute Gasteiger partial charge is 0.478 e. The molecule has 28 heavy (non-hydrogen) atoms. The molecule has 0 atom stereocenters. The number of benzene rings is 1. The number of amides is 1. The zero-order valence-corrected chi connectivity index (χ0v) is 16.0. The fourth-order valence-corrected chi connectivity index (χ4v) is 4.50. The first-order valence-corrected chi connectivity index (χ1v) is 9.84. The maximum absolute atomic E-state index is 12.8. The van der Waals surface area contributed by atoms with Crippen molar-refractivity contribution in [2.75, 3.05) is 5.32 Å². The van der Waals surface area contributed by atoms with Crippen molar-refractivity contribution in [3.8, 4) is 10.4 Å². The van der Waals surface area contributed by atoms with Crippen molar-refractivity contribution in [2.45, 2.75) is 38.8 Å². The van der Waals surface area contributed by atoms with Gasteiger partial charge in [-0.3, -0.25) is 4.79 Å². The molecule has 0 radical (unpaired) electrons. The zero-order valence-electron chi connectivity index (χ0n) is 15.2. The normalized spacial score (nSPS) is 20.0. The Morgan fingerprint density at radius 3 is 2.25 bits per heavy atom. The highest BCUT2D eigenvalue weighted by Crippen LogP contribution is 2.41. The molecule has 0 bridgehead atoms. The van der Waals surface area contributed by atoms with Gasteiger partial charge in [-0.2, -0.15) is 13.2 Å². The molecule has 8 heteroatoms. The van der Waals surface area contributed by atoms with Crippen LogP contribution in [0, 0.1) is 18.8 Å². The van der Waals surface area contributed by atoms with Gasteiger partial charge in [0.05, 0.1) is 16.5 Å². The molecule has 150 valence electrons. The minimum absolute atomic E-state index is 0.00572. The molecular weight excluding hydrogens is 391 g/mol. The van der Waals surface area contributed by atoms with Crippen molar-refractivity contribution < 1.29 is 27.9 Å². The Balaban J connectivity index is 1.75. The van der Waals surface area contributed by atoms with Crippen LogP contribution < -0.4 is 5.32 Å². The van der Waals surface area contributed by atoms with Gasteiger partial charge in [0, 0.05) is 11.3 Å². The van der Waals surface area contributed by atoms with Gasteiger partial charge in [-0.1, -0.05) is 29.8 Å². The van der Waals surface area contributed by atoms with Gasteiger partial charge >= 0.3 is 12.1 Å². The number of carbonyl (C=O) groups is 2. The number of aryl methyl sites for hydroxylation is 1. The second-order valence-electron chi connectivity index (χ2n) is 7.10. The van der Waals surface area contributed by atoms with E-state index in [0.717, 1.165) is 11.1 Å². The molecule has 3 rings (SSSR count). The van der Waals surface area contributed by atoms with Crippen LogP contribution in [0.5, 0.6) is 0 Å². The fraction of sp³-hybridized carbons (Fsp3) is 0.400. The highest BCUT2D eigenvalue weighted by Gasteiger charge is 2.42. The van der Waals surface area contributed by atoms with Crippen molar-refractivity contribution in [3.63, 3.8) is 0 Å². The lowest BCUT2D eigenvalue weighted by Gasteiger charge is -2.29. The molecule has 0 aliphatic heterocycles. The molecule has 1 heterocycles. The molecule has 2 aromatic rings. The first kappa shape index (κ1) is 20.4. The van der Waals surface area contributed by atoms with E-state index in [1.54, 1.807) is 5.38 Å². The van der Waals surface area contributed by atoms with Crippen molar-refractivity contribution in [3.05, 3.63) is 40.8 Å². The maximum atomic E-state index is 12.8. The topological polar surface area (TPSA) is 66.4 Å². The molecule has 1 aromatic carbocycles. The summed E-state index contributed by atoms with van der Waals surface area (Å²) in [5.74, 6) is -3.48. The lowest BCUT2D eigenvalue weighted by atomic mass is 9.81. The van der Waals surface area contributed by atoms with Crippen LogP contribution in [0.25, 0.3) is 10.4 Å². The summed E-state index contributed by atoms with van der Waals surface area (Å²) in [6.07, 6.45) is -4.09. The summed E-state index contributed by atoms with van der Waals surface area (Å²) >= 11 is 1.21. The van der Waals surface area contributed by atoms with Crippen LogP contribution in [0.1, 0.15) is 41.6 Å². The number of hydrogen-bond donors (Lipinski definition) is 2. The molecule has 1 aromatic heterocycles. The molecule has 1 fully saturated rings. The maximum Gasteiger partial charge on any atom is 0.391 e. The van der Waals surface area contributed by atoms with Crippen LogP contribution in [0.3, 0.4) is 0 Å². The molecule has 1 aliphatic rings. The number of thiophene rings is 1. The number of carbonyl (C=O) groups excluding carboxylic acids is 1. The molecule has 4 nitrogen and oxygen atoms in total. The lowest BCUT2D eigenvalue weighted by Crippen LogP contribution is -2.32. The van der Waals surface area contributed by atoms with Crippen LogP contribution in [0.2, 0.25) is 0 Å².